The molecule has 26 heavy (non-hydrogen) atoms. The molecule has 0 unspecified atom stereocenters. The van der Waals surface area contributed by atoms with Crippen molar-refractivity contribution in [2.45, 2.75) is 70.2 Å². The van der Waals surface area contributed by atoms with E-state index in [-0.39, 0.29) is 29.6 Å². The van der Waals surface area contributed by atoms with E-state index in [0.29, 0.717) is 12.8 Å². The predicted molar refractivity (Wildman–Crippen MR) is 96.2 cm³/mol. The van der Waals surface area contributed by atoms with Gasteiger partial charge < -0.3 is 20.4 Å². The molecule has 0 saturated heterocycles. The summed E-state index contributed by atoms with van der Waals surface area (Å²) >= 11 is 0. The lowest BCUT2D eigenvalue weighted by molar-refractivity contribution is -0.207. The Morgan fingerprint density at radius 2 is 2.04 bits per heavy atom. The average molecular weight is 362 g/mol. The van der Waals surface area contributed by atoms with Crippen molar-refractivity contribution in [3.05, 3.63) is 23.8 Å². The van der Waals surface area contributed by atoms with Crippen molar-refractivity contribution < 1.29 is 25.2 Å². The molecule has 0 radical (unpaired) electrons. The summed E-state index contributed by atoms with van der Waals surface area (Å²) in [5.74, 6) is -0.962. The lowest BCUT2D eigenvalue weighted by Gasteiger charge is -2.60. The first-order valence-electron chi connectivity index (χ1n) is 9.84. The zero-order valence-corrected chi connectivity index (χ0v) is 15.6. The van der Waals surface area contributed by atoms with Gasteiger partial charge in [-0.2, -0.15) is 0 Å². The van der Waals surface area contributed by atoms with Crippen LogP contribution >= 0.6 is 0 Å². The number of fused-ring (bicyclic) bond motifs is 5. The van der Waals surface area contributed by atoms with Crippen molar-refractivity contribution in [3.63, 3.8) is 0 Å². The molecule has 0 aromatic rings. The van der Waals surface area contributed by atoms with Gasteiger partial charge in [0.1, 0.15) is 5.60 Å². The number of aliphatic hydroxyl groups excluding tert-OH is 2. The van der Waals surface area contributed by atoms with Crippen LogP contribution in [0.15, 0.2) is 23.8 Å². The Hall–Kier alpha value is -1.17. The molecule has 4 aliphatic rings. The molecule has 4 N–H and O–H groups in total. The summed E-state index contributed by atoms with van der Waals surface area (Å²) in [6.07, 6.45) is 8.46. The van der Waals surface area contributed by atoms with E-state index in [1.807, 2.05) is 6.92 Å². The highest BCUT2D eigenvalue weighted by Gasteiger charge is 2.68. The minimum atomic E-state index is -1.81. The molecule has 0 heterocycles. The highest BCUT2D eigenvalue weighted by Crippen LogP contribution is 2.67. The zero-order chi connectivity index (χ0) is 18.9. The number of aliphatic hydroxyl groups is 3. The molecule has 144 valence electrons. The monoisotopic (exact) mass is 362 g/mol. The van der Waals surface area contributed by atoms with E-state index in [9.17, 15) is 25.2 Å². The van der Waals surface area contributed by atoms with Gasteiger partial charge in [-0.1, -0.05) is 37.6 Å². The number of rotatable bonds is 2. The molecule has 3 saturated carbocycles. The van der Waals surface area contributed by atoms with Crippen LogP contribution in [0.4, 0.5) is 0 Å². The van der Waals surface area contributed by atoms with Crippen LogP contribution in [0.5, 0.6) is 0 Å². The van der Waals surface area contributed by atoms with Gasteiger partial charge in [-0.15, -0.1) is 0 Å². The van der Waals surface area contributed by atoms with Crippen LogP contribution in [0.3, 0.4) is 0 Å². The second kappa shape index (κ2) is 5.66. The molecule has 3 fully saturated rings. The molecule has 4 aliphatic carbocycles. The minimum absolute atomic E-state index is 0.0847. The van der Waals surface area contributed by atoms with E-state index in [0.717, 1.165) is 19.3 Å². The SMILES string of the molecule is C[C@]12C=CCC=C1CC[C@@H]1[C@@H]2[C@@H](O)C[C@@]2(C)[C@H]1CC[C@]2(O)[C@@H](O)C(=O)O. The first kappa shape index (κ1) is 18.2. The highest BCUT2D eigenvalue weighted by molar-refractivity contribution is 5.74. The minimum Gasteiger partial charge on any atom is -0.479 e. The maximum absolute atomic E-state index is 11.4. The molecule has 0 bridgehead atoms. The third kappa shape index (κ3) is 2.11. The fourth-order valence-corrected chi connectivity index (χ4v) is 7.16. The fraction of sp³-hybridized carbons (Fsp3) is 0.762. The molecular formula is C21H30O5. The Labute approximate surface area is 154 Å². The molecule has 5 nitrogen and oxygen atoms in total. The van der Waals surface area contributed by atoms with Gasteiger partial charge in [-0.25, -0.2) is 4.79 Å². The van der Waals surface area contributed by atoms with E-state index in [1.165, 1.54) is 5.57 Å². The van der Waals surface area contributed by atoms with Crippen LogP contribution in [0, 0.1) is 28.6 Å². The van der Waals surface area contributed by atoms with Crippen LogP contribution in [-0.2, 0) is 4.79 Å². The van der Waals surface area contributed by atoms with Gasteiger partial charge >= 0.3 is 5.97 Å². The average Bonchev–Trinajstić information content (AvgIpc) is 2.85. The lowest BCUT2D eigenvalue weighted by atomic mass is 9.46. The van der Waals surface area contributed by atoms with Crippen molar-refractivity contribution in [2.24, 2.45) is 28.6 Å². The smallest absolute Gasteiger partial charge is 0.335 e. The predicted octanol–water partition coefficient (Wildman–Crippen LogP) is 2.26. The van der Waals surface area contributed by atoms with Crippen LogP contribution in [-0.4, -0.2) is 44.2 Å². The fourth-order valence-electron chi connectivity index (χ4n) is 7.16. The van der Waals surface area contributed by atoms with Gasteiger partial charge in [-0.05, 0) is 50.4 Å². The number of hydrogen-bond acceptors (Lipinski definition) is 4. The maximum Gasteiger partial charge on any atom is 0.335 e. The molecule has 0 aliphatic heterocycles. The molecule has 0 aromatic heterocycles. The van der Waals surface area contributed by atoms with E-state index >= 15 is 0 Å². The Balaban J connectivity index is 1.74. The maximum atomic E-state index is 11.4. The summed E-state index contributed by atoms with van der Waals surface area (Å²) in [5.41, 5.74) is -1.23. The summed E-state index contributed by atoms with van der Waals surface area (Å²) < 4.78 is 0. The van der Waals surface area contributed by atoms with Gasteiger partial charge in [-0.3, -0.25) is 0 Å². The van der Waals surface area contributed by atoms with Gasteiger partial charge in [0, 0.05) is 16.7 Å². The normalized spacial score (nSPS) is 51.0. The quantitative estimate of drug-likeness (QED) is 0.565. The van der Waals surface area contributed by atoms with Crippen molar-refractivity contribution >= 4 is 5.97 Å². The second-order valence-corrected chi connectivity index (χ2v) is 9.38. The Bertz CT molecular complexity index is 684. The molecular weight excluding hydrogens is 332 g/mol. The molecule has 0 amide bonds. The Morgan fingerprint density at radius 3 is 2.73 bits per heavy atom. The van der Waals surface area contributed by atoms with Gasteiger partial charge in [0.15, 0.2) is 6.10 Å². The number of carboxylic acids is 1. The molecule has 8 atom stereocenters. The first-order chi connectivity index (χ1) is 12.1. The Kier molecular flexibility index (Phi) is 3.97. The molecule has 0 spiro atoms. The summed E-state index contributed by atoms with van der Waals surface area (Å²) in [6, 6.07) is 0. The summed E-state index contributed by atoms with van der Waals surface area (Å²) in [5, 5.41) is 42.0. The van der Waals surface area contributed by atoms with Crippen LogP contribution in [0.25, 0.3) is 0 Å². The zero-order valence-electron chi connectivity index (χ0n) is 15.6. The number of carbonyl (C=O) groups is 1. The Morgan fingerprint density at radius 1 is 1.31 bits per heavy atom. The van der Waals surface area contributed by atoms with Crippen LogP contribution in [0.1, 0.15) is 52.4 Å². The van der Waals surface area contributed by atoms with Gasteiger partial charge in [0.25, 0.3) is 0 Å². The van der Waals surface area contributed by atoms with E-state index in [2.05, 4.69) is 25.2 Å². The molecule has 0 aromatic carbocycles. The van der Waals surface area contributed by atoms with Crippen molar-refractivity contribution in [1.82, 2.24) is 0 Å². The standard InChI is InChI=1S/C21H30O5/c1-19-9-4-3-5-12(19)6-7-13-14-8-10-21(26,17(23)18(24)25)20(14,2)11-15(22)16(13)19/h4-5,9,13-17,22-23,26H,3,6-8,10-11H2,1-2H3,(H,24,25)/t13-,14-,15-,16+,17-,19-,20-,21-/m0/s1. The summed E-state index contributed by atoms with van der Waals surface area (Å²) in [4.78, 5) is 11.4. The molecule has 4 rings (SSSR count). The number of allylic oxidation sites excluding steroid dienone is 4. The number of hydrogen-bond donors (Lipinski definition) is 4. The van der Waals surface area contributed by atoms with E-state index in [1.54, 1.807) is 0 Å². The van der Waals surface area contributed by atoms with E-state index < -0.39 is 29.2 Å². The largest absolute Gasteiger partial charge is 0.479 e. The topological polar surface area (TPSA) is 98.0 Å². The summed E-state index contributed by atoms with van der Waals surface area (Å²) in [6.45, 7) is 4.09. The third-order valence-electron chi connectivity index (χ3n) is 8.45. The van der Waals surface area contributed by atoms with Crippen molar-refractivity contribution in [3.8, 4) is 0 Å². The molecule has 5 heteroatoms. The summed E-state index contributed by atoms with van der Waals surface area (Å²) in [7, 11) is 0. The van der Waals surface area contributed by atoms with Gasteiger partial charge in [0.2, 0.25) is 0 Å². The van der Waals surface area contributed by atoms with E-state index in [4.69, 9.17) is 0 Å². The third-order valence-corrected chi connectivity index (χ3v) is 8.45. The second-order valence-electron chi connectivity index (χ2n) is 9.38. The van der Waals surface area contributed by atoms with Crippen LogP contribution in [0.2, 0.25) is 0 Å². The van der Waals surface area contributed by atoms with Crippen LogP contribution < -0.4 is 0 Å². The van der Waals surface area contributed by atoms with Crippen molar-refractivity contribution in [2.75, 3.05) is 0 Å². The van der Waals surface area contributed by atoms with Crippen molar-refractivity contribution in [1.29, 1.82) is 0 Å². The lowest BCUT2D eigenvalue weighted by Crippen LogP contribution is -2.63. The number of aliphatic carboxylic acids is 1. The number of carboxylic acid groups (broad SMARTS) is 1. The van der Waals surface area contributed by atoms with Gasteiger partial charge in [0.05, 0.1) is 6.10 Å². The first-order valence-corrected chi connectivity index (χ1v) is 9.84. The highest BCUT2D eigenvalue weighted by atomic mass is 16.4.